The van der Waals surface area contributed by atoms with E-state index in [2.05, 4.69) is 31.7 Å². The van der Waals surface area contributed by atoms with E-state index in [9.17, 15) is 18.0 Å². The van der Waals surface area contributed by atoms with Gasteiger partial charge in [-0.25, -0.2) is 4.68 Å². The highest BCUT2D eigenvalue weighted by molar-refractivity contribution is 9.10. The Hall–Kier alpha value is -2.33. The van der Waals surface area contributed by atoms with Gasteiger partial charge in [0.1, 0.15) is 5.82 Å². The number of amides is 1. The highest BCUT2D eigenvalue weighted by Crippen LogP contribution is 2.46. The van der Waals surface area contributed by atoms with E-state index in [1.807, 2.05) is 35.7 Å². The second-order valence-corrected chi connectivity index (χ2v) is 8.84. The minimum absolute atomic E-state index is 0.0821. The molecule has 1 aliphatic heterocycles. The van der Waals surface area contributed by atoms with Crippen molar-refractivity contribution in [1.82, 2.24) is 15.1 Å². The molecule has 0 saturated heterocycles. The molecule has 1 aromatic carbocycles. The van der Waals surface area contributed by atoms with Gasteiger partial charge in [-0.2, -0.15) is 18.3 Å². The van der Waals surface area contributed by atoms with Crippen molar-refractivity contribution < 1.29 is 18.0 Å². The summed E-state index contributed by atoms with van der Waals surface area (Å²) in [6.45, 7) is 1.81. The van der Waals surface area contributed by atoms with E-state index >= 15 is 0 Å². The number of nitrogens with zero attached hydrogens (tertiary/aromatic N) is 2. The third kappa shape index (κ3) is 3.98. The number of fused-ring (bicyclic) bond motifs is 1. The fourth-order valence-electron chi connectivity index (χ4n) is 3.50. The molecule has 0 unspecified atom stereocenters. The van der Waals surface area contributed by atoms with Crippen molar-refractivity contribution in [1.29, 1.82) is 0 Å². The second kappa shape index (κ2) is 8.07. The molecule has 10 heteroatoms. The van der Waals surface area contributed by atoms with Gasteiger partial charge in [0.05, 0.1) is 16.6 Å². The number of thiophene rings is 1. The molecule has 3 aromatic rings. The topological polar surface area (TPSA) is 59.0 Å². The number of halogens is 4. The Balaban J connectivity index is 1.65. The summed E-state index contributed by atoms with van der Waals surface area (Å²) in [6.07, 6.45) is -4.70. The van der Waals surface area contributed by atoms with Crippen LogP contribution in [0.4, 0.5) is 19.0 Å². The summed E-state index contributed by atoms with van der Waals surface area (Å²) in [5.74, 6) is -0.394. The standard InChI is InChI=1S/C20H18BrF3N4OS/c1-11(12-6-3-2-4-7-12)25-19(29)17-16(21)18-26-13(14-8-5-9-30-14)10-15(20(22,23)24)28(18)27-17/h2-9,11,13,15,26H,10H2,1H3,(H,25,29)/t11-,13+,15-/m0/s1. The van der Waals surface area contributed by atoms with Gasteiger partial charge in [-0.05, 0) is 39.9 Å². The van der Waals surface area contributed by atoms with Gasteiger partial charge in [0, 0.05) is 11.3 Å². The molecule has 1 amide bonds. The van der Waals surface area contributed by atoms with Crippen LogP contribution in [0.25, 0.3) is 0 Å². The van der Waals surface area contributed by atoms with Crippen molar-refractivity contribution in [3.05, 3.63) is 68.5 Å². The van der Waals surface area contributed by atoms with E-state index in [1.165, 1.54) is 11.3 Å². The predicted octanol–water partition coefficient (Wildman–Crippen LogP) is 5.86. The maximum Gasteiger partial charge on any atom is 0.410 e. The fourth-order valence-corrected chi connectivity index (χ4v) is 4.85. The minimum Gasteiger partial charge on any atom is -0.362 e. The maximum atomic E-state index is 13.8. The quantitative estimate of drug-likeness (QED) is 0.473. The first-order chi connectivity index (χ1) is 14.3. The van der Waals surface area contributed by atoms with Gasteiger partial charge in [0.15, 0.2) is 11.7 Å². The predicted molar refractivity (Wildman–Crippen MR) is 113 cm³/mol. The average molecular weight is 499 g/mol. The first-order valence-electron chi connectivity index (χ1n) is 9.26. The van der Waals surface area contributed by atoms with Crippen LogP contribution in [-0.2, 0) is 0 Å². The fraction of sp³-hybridized carbons (Fsp3) is 0.300. The van der Waals surface area contributed by atoms with Gasteiger partial charge in [-0.1, -0.05) is 36.4 Å². The summed E-state index contributed by atoms with van der Waals surface area (Å²) in [5, 5.41) is 11.8. The highest BCUT2D eigenvalue weighted by atomic mass is 79.9. The van der Waals surface area contributed by atoms with Crippen LogP contribution in [0.2, 0.25) is 0 Å². The number of alkyl halides is 3. The largest absolute Gasteiger partial charge is 0.410 e. The number of nitrogens with one attached hydrogen (secondary N) is 2. The molecule has 0 aliphatic carbocycles. The van der Waals surface area contributed by atoms with E-state index in [1.54, 1.807) is 19.1 Å². The first kappa shape index (κ1) is 20.9. The number of carbonyl (C=O) groups is 1. The van der Waals surface area contributed by atoms with E-state index < -0.39 is 24.2 Å². The Kier molecular flexibility index (Phi) is 5.63. The lowest BCUT2D eigenvalue weighted by Crippen LogP contribution is -2.35. The lowest BCUT2D eigenvalue weighted by Gasteiger charge is -2.33. The Morgan fingerprint density at radius 1 is 1.30 bits per heavy atom. The number of aromatic nitrogens is 2. The Bertz CT molecular complexity index is 1040. The van der Waals surface area contributed by atoms with E-state index in [4.69, 9.17) is 0 Å². The SMILES string of the molecule is C[C@H](NC(=O)c1nn2c(c1Br)N[C@@H](c1cccs1)C[C@H]2C(F)(F)F)c1ccccc1. The van der Waals surface area contributed by atoms with Crippen molar-refractivity contribution in [3.63, 3.8) is 0 Å². The van der Waals surface area contributed by atoms with E-state index in [-0.39, 0.29) is 28.4 Å². The van der Waals surface area contributed by atoms with Crippen LogP contribution in [0, 0.1) is 0 Å². The number of benzene rings is 1. The van der Waals surface area contributed by atoms with Crippen molar-refractivity contribution in [2.45, 2.75) is 37.6 Å². The number of carbonyl (C=O) groups excluding carboxylic acids is 1. The Labute approximate surface area is 183 Å². The normalized spacial score (nSPS) is 19.6. The molecule has 0 saturated carbocycles. The van der Waals surface area contributed by atoms with Crippen LogP contribution in [0.1, 0.15) is 52.4 Å². The van der Waals surface area contributed by atoms with Crippen LogP contribution in [0.3, 0.4) is 0 Å². The van der Waals surface area contributed by atoms with Gasteiger partial charge >= 0.3 is 6.18 Å². The highest BCUT2D eigenvalue weighted by Gasteiger charge is 2.48. The molecule has 0 fully saturated rings. The van der Waals surface area contributed by atoms with Crippen molar-refractivity contribution in [2.75, 3.05) is 5.32 Å². The molecule has 3 atom stereocenters. The van der Waals surface area contributed by atoms with E-state index in [0.717, 1.165) is 15.1 Å². The first-order valence-corrected chi connectivity index (χ1v) is 10.9. The Morgan fingerprint density at radius 2 is 2.03 bits per heavy atom. The monoisotopic (exact) mass is 498 g/mol. The zero-order valence-electron chi connectivity index (χ0n) is 15.8. The van der Waals surface area contributed by atoms with E-state index in [0.29, 0.717) is 0 Å². The molecule has 0 bridgehead atoms. The summed E-state index contributed by atoms with van der Waals surface area (Å²) < 4.78 is 42.5. The van der Waals surface area contributed by atoms with Crippen LogP contribution in [0.15, 0.2) is 52.3 Å². The van der Waals surface area contributed by atoms with Crippen molar-refractivity contribution in [2.24, 2.45) is 0 Å². The summed E-state index contributed by atoms with van der Waals surface area (Å²) in [5.41, 5.74) is 0.802. The summed E-state index contributed by atoms with van der Waals surface area (Å²) in [6, 6.07) is 10.2. The average Bonchev–Trinajstić information content (AvgIpc) is 3.36. The smallest absolute Gasteiger partial charge is 0.362 e. The number of anilines is 1. The van der Waals surface area contributed by atoms with Crippen LogP contribution < -0.4 is 10.6 Å². The maximum absolute atomic E-state index is 13.8. The minimum atomic E-state index is -4.50. The lowest BCUT2D eigenvalue weighted by atomic mass is 10.0. The number of hydrogen-bond donors (Lipinski definition) is 2. The molecule has 30 heavy (non-hydrogen) atoms. The summed E-state index contributed by atoms with van der Waals surface area (Å²) in [4.78, 5) is 13.6. The third-order valence-electron chi connectivity index (χ3n) is 5.04. The number of hydrogen-bond acceptors (Lipinski definition) is 4. The molecule has 158 valence electrons. The van der Waals surface area contributed by atoms with Gasteiger partial charge in [-0.15, -0.1) is 11.3 Å². The zero-order chi connectivity index (χ0) is 21.5. The van der Waals surface area contributed by atoms with Crippen LogP contribution in [-0.4, -0.2) is 21.9 Å². The van der Waals surface area contributed by atoms with Crippen molar-refractivity contribution in [3.8, 4) is 0 Å². The van der Waals surface area contributed by atoms with Crippen LogP contribution in [0.5, 0.6) is 0 Å². The summed E-state index contributed by atoms with van der Waals surface area (Å²) in [7, 11) is 0. The van der Waals surface area contributed by atoms with Crippen molar-refractivity contribution >= 4 is 39.0 Å². The third-order valence-corrected chi connectivity index (χ3v) is 6.78. The lowest BCUT2D eigenvalue weighted by molar-refractivity contribution is -0.173. The number of rotatable bonds is 4. The molecule has 3 heterocycles. The molecule has 4 rings (SSSR count). The Morgan fingerprint density at radius 3 is 2.67 bits per heavy atom. The zero-order valence-corrected chi connectivity index (χ0v) is 18.2. The van der Waals surface area contributed by atoms with Gasteiger partial charge in [0.2, 0.25) is 0 Å². The molecule has 5 nitrogen and oxygen atoms in total. The molecular formula is C20H18BrF3N4OS. The summed E-state index contributed by atoms with van der Waals surface area (Å²) >= 11 is 4.69. The molecule has 2 aromatic heterocycles. The van der Waals surface area contributed by atoms with Crippen LogP contribution >= 0.6 is 27.3 Å². The van der Waals surface area contributed by atoms with Gasteiger partial charge in [-0.3, -0.25) is 4.79 Å². The molecule has 0 spiro atoms. The molecule has 1 aliphatic rings. The molecule has 2 N–H and O–H groups in total. The molecular weight excluding hydrogens is 481 g/mol. The molecule has 0 radical (unpaired) electrons. The van der Waals surface area contributed by atoms with Gasteiger partial charge < -0.3 is 10.6 Å². The van der Waals surface area contributed by atoms with Gasteiger partial charge in [0.25, 0.3) is 5.91 Å². The second-order valence-electron chi connectivity index (χ2n) is 7.07.